The van der Waals surface area contributed by atoms with E-state index in [-0.39, 0.29) is 29.4 Å². The normalized spacial score (nSPS) is 17.3. The molecule has 0 atom stereocenters. The van der Waals surface area contributed by atoms with Crippen LogP contribution in [0.1, 0.15) is 51.4 Å². The maximum Gasteiger partial charge on any atom is 0.183 e. The highest BCUT2D eigenvalue weighted by Gasteiger charge is 2.27. The summed E-state index contributed by atoms with van der Waals surface area (Å²) in [5.41, 5.74) is 7.98. The lowest BCUT2D eigenvalue weighted by Gasteiger charge is -2.37. The molecule has 0 unspecified atom stereocenters. The SMILES string of the molecule is CCC(C=C(N)c1ncc(F)c(N2CCC(C)(C)CC2)n1)=NCc1ccccc1F. The zero-order valence-corrected chi connectivity index (χ0v) is 17.8. The molecule has 1 aromatic carbocycles. The fraction of sp³-hybridized carbons (Fsp3) is 0.435. The van der Waals surface area contributed by atoms with Crippen molar-refractivity contribution < 1.29 is 8.78 Å². The lowest BCUT2D eigenvalue weighted by atomic mass is 9.83. The fourth-order valence-electron chi connectivity index (χ4n) is 3.36. The van der Waals surface area contributed by atoms with Crippen LogP contribution in [0.5, 0.6) is 0 Å². The van der Waals surface area contributed by atoms with Crippen LogP contribution >= 0.6 is 0 Å². The van der Waals surface area contributed by atoms with E-state index in [1.54, 1.807) is 24.3 Å². The van der Waals surface area contributed by atoms with Gasteiger partial charge in [-0.05, 0) is 36.8 Å². The van der Waals surface area contributed by atoms with Crippen molar-refractivity contribution in [3.8, 4) is 0 Å². The number of benzene rings is 1. The van der Waals surface area contributed by atoms with E-state index in [0.717, 1.165) is 25.9 Å². The van der Waals surface area contributed by atoms with Gasteiger partial charge in [-0.1, -0.05) is 39.0 Å². The summed E-state index contributed by atoms with van der Waals surface area (Å²) in [6.07, 6.45) is 5.40. The number of hydrogen-bond donors (Lipinski definition) is 1. The standard InChI is InChI=1S/C23H29F2N5/c1-4-17(27-14-16-7-5-6-8-18(16)24)13-20(26)21-28-15-19(25)22(29-21)30-11-9-23(2,3)10-12-30/h5-8,13,15H,4,9-12,14,26H2,1-3H3. The van der Waals surface area contributed by atoms with Gasteiger partial charge in [0.2, 0.25) is 0 Å². The molecule has 0 spiro atoms. The highest BCUT2D eigenvalue weighted by Crippen LogP contribution is 2.32. The molecule has 0 amide bonds. The smallest absolute Gasteiger partial charge is 0.183 e. The van der Waals surface area contributed by atoms with E-state index < -0.39 is 5.82 Å². The Morgan fingerprint density at radius 3 is 2.57 bits per heavy atom. The number of nitrogens with zero attached hydrogens (tertiary/aromatic N) is 4. The predicted molar refractivity (Wildman–Crippen MR) is 117 cm³/mol. The van der Waals surface area contributed by atoms with E-state index >= 15 is 0 Å². The quantitative estimate of drug-likeness (QED) is 0.695. The Kier molecular flexibility index (Phi) is 6.80. The molecule has 160 valence electrons. The van der Waals surface area contributed by atoms with Crippen molar-refractivity contribution in [3.05, 3.63) is 59.6 Å². The number of anilines is 1. The van der Waals surface area contributed by atoms with E-state index in [2.05, 4.69) is 28.8 Å². The third-order valence-corrected chi connectivity index (χ3v) is 5.50. The first-order valence-corrected chi connectivity index (χ1v) is 10.3. The average molecular weight is 414 g/mol. The van der Waals surface area contributed by atoms with Crippen molar-refractivity contribution in [1.82, 2.24) is 9.97 Å². The first kappa shape index (κ1) is 21.9. The second-order valence-corrected chi connectivity index (χ2v) is 8.37. The van der Waals surface area contributed by atoms with Gasteiger partial charge in [-0.2, -0.15) is 0 Å². The molecule has 7 heteroatoms. The van der Waals surface area contributed by atoms with Gasteiger partial charge in [0.05, 0.1) is 18.4 Å². The van der Waals surface area contributed by atoms with Crippen LogP contribution in [0, 0.1) is 17.0 Å². The number of hydrogen-bond acceptors (Lipinski definition) is 5. The Bertz CT molecular complexity index is 942. The number of rotatable bonds is 6. The van der Waals surface area contributed by atoms with Crippen LogP contribution in [0.25, 0.3) is 5.70 Å². The number of aromatic nitrogens is 2. The zero-order chi connectivity index (χ0) is 21.7. The second kappa shape index (κ2) is 9.32. The van der Waals surface area contributed by atoms with Crippen LogP contribution in [-0.2, 0) is 6.54 Å². The zero-order valence-electron chi connectivity index (χ0n) is 17.8. The van der Waals surface area contributed by atoms with Crippen molar-refractivity contribution in [2.24, 2.45) is 16.1 Å². The first-order valence-electron chi connectivity index (χ1n) is 10.3. The lowest BCUT2D eigenvalue weighted by molar-refractivity contribution is 0.278. The lowest BCUT2D eigenvalue weighted by Crippen LogP contribution is -2.38. The maximum absolute atomic E-state index is 14.4. The predicted octanol–water partition coefficient (Wildman–Crippen LogP) is 4.73. The van der Waals surface area contributed by atoms with Crippen LogP contribution in [0.2, 0.25) is 0 Å². The molecule has 1 saturated heterocycles. The summed E-state index contributed by atoms with van der Waals surface area (Å²) in [4.78, 5) is 14.9. The minimum atomic E-state index is -0.449. The van der Waals surface area contributed by atoms with Crippen LogP contribution in [-0.4, -0.2) is 28.8 Å². The molecule has 0 saturated carbocycles. The summed E-state index contributed by atoms with van der Waals surface area (Å²) >= 11 is 0. The molecule has 3 rings (SSSR count). The monoisotopic (exact) mass is 413 g/mol. The van der Waals surface area contributed by atoms with E-state index in [0.29, 0.717) is 23.4 Å². The molecule has 2 aromatic rings. The molecule has 1 aliphatic heterocycles. The second-order valence-electron chi connectivity index (χ2n) is 8.37. The molecule has 0 bridgehead atoms. The number of halogens is 2. The summed E-state index contributed by atoms with van der Waals surface area (Å²) in [5, 5.41) is 0. The van der Waals surface area contributed by atoms with Crippen LogP contribution in [0.3, 0.4) is 0 Å². The van der Waals surface area contributed by atoms with Gasteiger partial charge in [0.1, 0.15) is 5.82 Å². The molecule has 2 heterocycles. The van der Waals surface area contributed by atoms with Crippen molar-refractivity contribution in [1.29, 1.82) is 0 Å². The van der Waals surface area contributed by atoms with Gasteiger partial charge in [0.25, 0.3) is 0 Å². The molecule has 2 N–H and O–H groups in total. The number of piperidine rings is 1. The van der Waals surface area contributed by atoms with Crippen molar-refractivity contribution in [2.75, 3.05) is 18.0 Å². The highest BCUT2D eigenvalue weighted by atomic mass is 19.1. The maximum atomic E-state index is 14.4. The number of aliphatic imine (C=N–C) groups is 1. The van der Waals surface area contributed by atoms with Crippen molar-refractivity contribution in [2.45, 2.75) is 46.6 Å². The van der Waals surface area contributed by atoms with E-state index in [1.165, 1.54) is 12.3 Å². The highest BCUT2D eigenvalue weighted by molar-refractivity contribution is 5.99. The molecule has 1 aromatic heterocycles. The van der Waals surface area contributed by atoms with Crippen LogP contribution in [0.15, 0.2) is 41.5 Å². The van der Waals surface area contributed by atoms with Crippen molar-refractivity contribution >= 4 is 17.2 Å². The van der Waals surface area contributed by atoms with Gasteiger partial charge in [-0.15, -0.1) is 0 Å². The Labute approximate surface area is 176 Å². The Hall–Kier alpha value is -2.83. The van der Waals surface area contributed by atoms with Gasteiger partial charge in [-0.25, -0.2) is 18.7 Å². The molecular weight excluding hydrogens is 384 g/mol. The van der Waals surface area contributed by atoms with Crippen LogP contribution < -0.4 is 10.6 Å². The topological polar surface area (TPSA) is 67.4 Å². The number of allylic oxidation sites excluding steroid dienone is 1. The summed E-state index contributed by atoms with van der Waals surface area (Å²) in [6.45, 7) is 8.09. The van der Waals surface area contributed by atoms with Crippen LogP contribution in [0.4, 0.5) is 14.6 Å². The Morgan fingerprint density at radius 2 is 1.90 bits per heavy atom. The summed E-state index contributed by atoms with van der Waals surface area (Å²) in [5.74, 6) is -0.184. The van der Waals surface area contributed by atoms with Gasteiger partial charge >= 0.3 is 0 Å². The average Bonchev–Trinajstić information content (AvgIpc) is 2.72. The largest absolute Gasteiger partial charge is 0.396 e. The van der Waals surface area contributed by atoms with Crippen molar-refractivity contribution in [3.63, 3.8) is 0 Å². The van der Waals surface area contributed by atoms with E-state index in [1.807, 2.05) is 11.8 Å². The summed E-state index contributed by atoms with van der Waals surface area (Å²) in [7, 11) is 0. The third kappa shape index (κ3) is 5.40. The third-order valence-electron chi connectivity index (χ3n) is 5.50. The Morgan fingerprint density at radius 1 is 1.20 bits per heavy atom. The first-order chi connectivity index (χ1) is 14.3. The summed E-state index contributed by atoms with van der Waals surface area (Å²) in [6, 6.07) is 6.54. The van der Waals surface area contributed by atoms with E-state index in [9.17, 15) is 8.78 Å². The number of nitrogens with two attached hydrogens (primary N) is 1. The Balaban J connectivity index is 1.79. The van der Waals surface area contributed by atoms with Gasteiger partial charge in [0.15, 0.2) is 17.5 Å². The fourth-order valence-corrected chi connectivity index (χ4v) is 3.36. The van der Waals surface area contributed by atoms with Gasteiger partial charge in [-0.3, -0.25) is 4.99 Å². The van der Waals surface area contributed by atoms with Gasteiger partial charge in [0, 0.05) is 24.4 Å². The molecule has 0 radical (unpaired) electrons. The molecule has 1 aliphatic rings. The molecule has 1 fully saturated rings. The molecule has 5 nitrogen and oxygen atoms in total. The molecule has 30 heavy (non-hydrogen) atoms. The van der Waals surface area contributed by atoms with Gasteiger partial charge < -0.3 is 10.6 Å². The molecular formula is C23H29F2N5. The summed E-state index contributed by atoms with van der Waals surface area (Å²) < 4.78 is 28.2. The molecule has 0 aliphatic carbocycles. The minimum Gasteiger partial charge on any atom is -0.396 e. The minimum absolute atomic E-state index is 0.221. The van der Waals surface area contributed by atoms with E-state index in [4.69, 9.17) is 5.73 Å².